The molecule has 2 atom stereocenters. The number of aromatic nitrogens is 2. The normalized spacial score (nSPS) is 20.0. The van der Waals surface area contributed by atoms with Crippen LogP contribution in [-0.2, 0) is 22.3 Å². The van der Waals surface area contributed by atoms with E-state index in [1.54, 1.807) is 12.4 Å². The first-order chi connectivity index (χ1) is 14.1. The fourth-order valence-corrected chi connectivity index (χ4v) is 3.53. The molecule has 0 unspecified atom stereocenters. The smallest absolute Gasteiger partial charge is 0.176 e. The van der Waals surface area contributed by atoms with E-state index >= 15 is 0 Å². The van der Waals surface area contributed by atoms with Crippen LogP contribution in [0.4, 0.5) is 5.69 Å². The van der Waals surface area contributed by atoms with Crippen LogP contribution in [0.1, 0.15) is 17.8 Å². The topological polar surface area (TPSA) is 82.4 Å². The molecule has 3 aromatic rings. The molecule has 1 aliphatic heterocycles. The number of hydrogen-bond donors (Lipinski definition) is 2. The van der Waals surface area contributed by atoms with Crippen molar-refractivity contribution >= 4 is 42.1 Å². The van der Waals surface area contributed by atoms with E-state index in [9.17, 15) is 0 Å². The largest absolute Gasteiger partial charge is 0.491 e. The zero-order valence-electron chi connectivity index (χ0n) is 16.8. The van der Waals surface area contributed by atoms with Gasteiger partial charge in [-0.1, -0.05) is 23.7 Å². The third kappa shape index (κ3) is 7.02. The number of hydrogen-bond acceptors (Lipinski definition) is 5. The number of imidazole rings is 1. The molecule has 1 aromatic heterocycles. The predicted octanol–water partition coefficient (Wildman–Crippen LogP) is 4.85. The summed E-state index contributed by atoms with van der Waals surface area (Å²) in [6.45, 7) is 0.876. The maximum atomic E-state index is 6.36. The van der Waals surface area contributed by atoms with E-state index in [2.05, 4.69) is 9.97 Å². The van der Waals surface area contributed by atoms with Crippen molar-refractivity contribution in [2.75, 3.05) is 18.9 Å². The molecule has 0 aliphatic carbocycles. The van der Waals surface area contributed by atoms with E-state index in [0.717, 1.165) is 23.0 Å². The summed E-state index contributed by atoms with van der Waals surface area (Å²) in [4.78, 5) is 7.48. The highest BCUT2D eigenvalue weighted by Gasteiger charge is 2.42. The molecule has 1 aliphatic rings. The Kier molecular flexibility index (Phi) is 9.47. The van der Waals surface area contributed by atoms with Gasteiger partial charge >= 0.3 is 0 Å². The van der Waals surface area contributed by atoms with Crippen LogP contribution in [0, 0.1) is 0 Å². The summed E-state index contributed by atoms with van der Waals surface area (Å²) >= 11 is 5.99. The first-order valence-corrected chi connectivity index (χ1v) is 10.0. The quantitative estimate of drug-likeness (QED) is 0.445. The van der Waals surface area contributed by atoms with Crippen LogP contribution in [0.15, 0.2) is 60.9 Å². The molecule has 2 aromatic carbocycles. The molecule has 0 saturated carbocycles. The summed E-state index contributed by atoms with van der Waals surface area (Å²) in [5.74, 6) is 0.848. The number of rotatable bonds is 8. The second-order valence-electron chi connectivity index (χ2n) is 7.18. The lowest BCUT2D eigenvalue weighted by atomic mass is 10.0. The zero-order chi connectivity index (χ0) is 20.1. The maximum absolute atomic E-state index is 6.36. The van der Waals surface area contributed by atoms with Gasteiger partial charge in [-0.15, -0.1) is 24.8 Å². The van der Waals surface area contributed by atoms with Crippen LogP contribution >= 0.6 is 36.4 Å². The summed E-state index contributed by atoms with van der Waals surface area (Å²) in [5, 5.41) is 0.729. The number of anilines is 1. The highest BCUT2D eigenvalue weighted by atomic mass is 35.5. The molecule has 1 fully saturated rings. The van der Waals surface area contributed by atoms with Gasteiger partial charge in [0.05, 0.1) is 13.0 Å². The van der Waals surface area contributed by atoms with E-state index in [1.165, 1.54) is 5.56 Å². The number of aryl methyl sites for hydroxylation is 1. The van der Waals surface area contributed by atoms with Crippen molar-refractivity contribution in [3.8, 4) is 5.75 Å². The molecule has 0 bridgehead atoms. The zero-order valence-corrected chi connectivity index (χ0v) is 19.2. The van der Waals surface area contributed by atoms with Crippen LogP contribution in [0.25, 0.3) is 0 Å². The number of nitrogens with zero attached hydrogens (tertiary/aromatic N) is 1. The molecule has 0 spiro atoms. The first-order valence-electron chi connectivity index (χ1n) is 9.63. The summed E-state index contributed by atoms with van der Waals surface area (Å²) in [5.41, 5.74) is 7.61. The number of nitrogens with two attached hydrogens (primary N) is 1. The van der Waals surface area contributed by atoms with Gasteiger partial charge in [-0.25, -0.2) is 4.98 Å². The maximum Gasteiger partial charge on any atom is 0.176 e. The highest BCUT2D eigenvalue weighted by Crippen LogP contribution is 2.32. The fraction of sp³-hybridized carbons (Fsp3) is 0.318. The van der Waals surface area contributed by atoms with Crippen molar-refractivity contribution in [2.24, 2.45) is 0 Å². The van der Waals surface area contributed by atoms with E-state index in [4.69, 9.17) is 31.5 Å². The minimum absolute atomic E-state index is 0. The van der Waals surface area contributed by atoms with Gasteiger partial charge < -0.3 is 24.9 Å². The van der Waals surface area contributed by atoms with E-state index in [1.807, 2.05) is 48.5 Å². The van der Waals surface area contributed by atoms with Gasteiger partial charge in [-0.05, 0) is 48.4 Å². The number of ether oxygens (including phenoxy) is 3. The van der Waals surface area contributed by atoms with Crippen molar-refractivity contribution < 1.29 is 14.2 Å². The Morgan fingerprint density at radius 2 is 1.87 bits per heavy atom. The molecule has 31 heavy (non-hydrogen) atoms. The van der Waals surface area contributed by atoms with Crippen LogP contribution < -0.4 is 10.5 Å². The number of halogens is 3. The van der Waals surface area contributed by atoms with Crippen molar-refractivity contribution in [1.82, 2.24) is 9.97 Å². The molecule has 2 heterocycles. The molecule has 3 N–H and O–H groups in total. The van der Waals surface area contributed by atoms with Crippen molar-refractivity contribution in [2.45, 2.75) is 31.2 Å². The lowest BCUT2D eigenvalue weighted by Gasteiger charge is -2.27. The monoisotopic (exact) mass is 485 g/mol. The molecule has 0 radical (unpaired) electrons. The van der Waals surface area contributed by atoms with Gasteiger partial charge in [0.15, 0.2) is 5.79 Å². The Hall–Kier alpha value is -1.96. The lowest BCUT2D eigenvalue weighted by Crippen LogP contribution is -2.35. The summed E-state index contributed by atoms with van der Waals surface area (Å²) in [6.07, 6.45) is 5.44. The van der Waals surface area contributed by atoms with Crippen molar-refractivity contribution in [3.63, 3.8) is 0 Å². The number of nitrogen functional groups attached to an aromatic ring is 1. The Morgan fingerprint density at radius 3 is 2.55 bits per heavy atom. The van der Waals surface area contributed by atoms with Gasteiger partial charge in [0.25, 0.3) is 0 Å². The third-order valence-electron chi connectivity index (χ3n) is 4.93. The van der Waals surface area contributed by atoms with Gasteiger partial charge in [-0.3, -0.25) is 0 Å². The molecule has 9 heteroatoms. The lowest BCUT2D eigenvalue weighted by molar-refractivity contribution is -0.174. The summed E-state index contributed by atoms with van der Waals surface area (Å²) < 4.78 is 18.4. The standard InChI is InChI=1S/C22H24ClN3O3.2ClH/c23-17-3-1-16(2-4-17)9-10-22(13-21-25-11-12-26-21)28-15-20(29-22)14-27-19-7-5-18(24)6-8-19;;/h1-8,11-12,20H,9-10,13-15,24H2,(H,25,26);2*1H/t20-,22+;;/m0../s1. The highest BCUT2D eigenvalue weighted by molar-refractivity contribution is 6.30. The van der Waals surface area contributed by atoms with E-state index in [-0.39, 0.29) is 30.9 Å². The first kappa shape index (κ1) is 25.3. The molecule has 1 saturated heterocycles. The van der Waals surface area contributed by atoms with Crippen molar-refractivity contribution in [1.29, 1.82) is 0 Å². The van der Waals surface area contributed by atoms with Gasteiger partial charge in [-0.2, -0.15) is 0 Å². The van der Waals surface area contributed by atoms with Crippen LogP contribution in [-0.4, -0.2) is 35.1 Å². The molecule has 6 nitrogen and oxygen atoms in total. The fourth-order valence-electron chi connectivity index (χ4n) is 3.40. The second kappa shape index (κ2) is 11.6. The molecule has 4 rings (SSSR count). The Labute approximate surface area is 199 Å². The number of aromatic amines is 1. The van der Waals surface area contributed by atoms with Gasteiger partial charge in [0, 0.05) is 29.5 Å². The van der Waals surface area contributed by atoms with E-state index < -0.39 is 5.79 Å². The van der Waals surface area contributed by atoms with Crippen LogP contribution in [0.2, 0.25) is 5.02 Å². The average molecular weight is 487 g/mol. The molecule has 0 amide bonds. The molecule has 168 valence electrons. The minimum Gasteiger partial charge on any atom is -0.491 e. The van der Waals surface area contributed by atoms with E-state index in [0.29, 0.717) is 31.7 Å². The predicted molar refractivity (Wildman–Crippen MR) is 126 cm³/mol. The van der Waals surface area contributed by atoms with Crippen LogP contribution in [0.5, 0.6) is 5.75 Å². The van der Waals surface area contributed by atoms with Crippen molar-refractivity contribution in [3.05, 3.63) is 77.3 Å². The Balaban J connectivity index is 0.00000171. The van der Waals surface area contributed by atoms with Crippen LogP contribution in [0.3, 0.4) is 0 Å². The Bertz CT molecular complexity index is 908. The molecular formula is C22H26Cl3N3O3. The Morgan fingerprint density at radius 1 is 1.13 bits per heavy atom. The summed E-state index contributed by atoms with van der Waals surface area (Å²) in [6, 6.07) is 15.2. The van der Waals surface area contributed by atoms with Gasteiger partial charge in [0.1, 0.15) is 24.3 Å². The number of benzene rings is 2. The average Bonchev–Trinajstić information content (AvgIpc) is 3.38. The molecular weight excluding hydrogens is 461 g/mol. The van der Waals surface area contributed by atoms with Gasteiger partial charge in [0.2, 0.25) is 0 Å². The number of nitrogens with one attached hydrogen (secondary N) is 1. The second-order valence-corrected chi connectivity index (χ2v) is 7.62. The number of H-pyrrole nitrogens is 1. The SMILES string of the molecule is Cl.Cl.Nc1ccc(OC[C@H]2CO[C@@](CCc3ccc(Cl)cc3)(Cc3ncc[nH]3)O2)cc1. The minimum atomic E-state index is -0.743. The third-order valence-corrected chi connectivity index (χ3v) is 5.18. The summed E-state index contributed by atoms with van der Waals surface area (Å²) in [7, 11) is 0.